The van der Waals surface area contributed by atoms with Crippen LogP contribution in [0.4, 0.5) is 0 Å². The topological polar surface area (TPSA) is 40.5 Å². The van der Waals surface area contributed by atoms with Crippen LogP contribution in [0.3, 0.4) is 0 Å². The van der Waals surface area contributed by atoms with Crippen LogP contribution in [0.2, 0.25) is 0 Å². The second kappa shape index (κ2) is 5.80. The van der Waals surface area contributed by atoms with E-state index in [2.05, 4.69) is 31.9 Å². The third kappa shape index (κ3) is 3.39. The van der Waals surface area contributed by atoms with Crippen LogP contribution in [0.1, 0.15) is 18.1 Å². The summed E-state index contributed by atoms with van der Waals surface area (Å²) in [5.41, 5.74) is 3.08. The molecule has 2 N–H and O–H groups in total. The molecule has 19 heavy (non-hydrogen) atoms. The van der Waals surface area contributed by atoms with E-state index in [1.807, 2.05) is 37.3 Å². The van der Waals surface area contributed by atoms with Gasteiger partial charge in [-0.2, -0.15) is 0 Å². The molecule has 0 heterocycles. The van der Waals surface area contributed by atoms with E-state index in [0.29, 0.717) is 8.95 Å². The summed E-state index contributed by atoms with van der Waals surface area (Å²) < 4.78 is 1.34. The highest BCUT2D eigenvalue weighted by molar-refractivity contribution is 9.10. The molecular weight excluding hydrogens is 372 g/mol. The van der Waals surface area contributed by atoms with Crippen molar-refractivity contribution in [2.75, 3.05) is 0 Å². The van der Waals surface area contributed by atoms with Gasteiger partial charge in [0.25, 0.3) is 0 Å². The maximum Gasteiger partial charge on any atom is 0.129 e. The Kier molecular flexibility index (Phi) is 4.32. The quantitative estimate of drug-likeness (QED) is 0.701. The van der Waals surface area contributed by atoms with Gasteiger partial charge in [-0.05, 0) is 79.7 Å². The second-order valence-corrected chi connectivity index (χ2v) is 5.91. The highest BCUT2D eigenvalue weighted by Gasteiger charge is 2.03. The number of phenols is 2. The first-order valence-corrected chi connectivity index (χ1v) is 7.21. The van der Waals surface area contributed by atoms with Gasteiger partial charge in [0.2, 0.25) is 0 Å². The SMILES string of the molecule is CC(=Cc1ccc(O)c(Br)c1)c1ccc(O)c(Br)c1. The first-order chi connectivity index (χ1) is 8.97. The van der Waals surface area contributed by atoms with Crippen molar-refractivity contribution in [2.45, 2.75) is 6.92 Å². The Labute approximate surface area is 128 Å². The summed E-state index contributed by atoms with van der Waals surface area (Å²) in [4.78, 5) is 0. The summed E-state index contributed by atoms with van der Waals surface area (Å²) in [7, 11) is 0. The van der Waals surface area contributed by atoms with Crippen LogP contribution in [0.5, 0.6) is 11.5 Å². The molecule has 0 aliphatic rings. The van der Waals surface area contributed by atoms with Crippen molar-refractivity contribution in [1.29, 1.82) is 0 Å². The molecule has 0 unspecified atom stereocenters. The van der Waals surface area contributed by atoms with Crippen LogP contribution in [0.25, 0.3) is 11.6 Å². The molecule has 0 amide bonds. The maximum atomic E-state index is 9.48. The summed E-state index contributed by atoms with van der Waals surface area (Å²) in [5.74, 6) is 0.450. The highest BCUT2D eigenvalue weighted by atomic mass is 79.9. The number of aromatic hydroxyl groups is 2. The van der Waals surface area contributed by atoms with Crippen LogP contribution in [-0.4, -0.2) is 10.2 Å². The van der Waals surface area contributed by atoms with Gasteiger partial charge in [0.15, 0.2) is 0 Å². The van der Waals surface area contributed by atoms with E-state index >= 15 is 0 Å². The van der Waals surface area contributed by atoms with E-state index in [9.17, 15) is 10.2 Å². The number of hydrogen-bond donors (Lipinski definition) is 2. The Bertz CT molecular complexity index is 649. The van der Waals surface area contributed by atoms with Gasteiger partial charge in [-0.15, -0.1) is 0 Å². The molecule has 2 rings (SSSR count). The molecule has 0 aliphatic carbocycles. The lowest BCUT2D eigenvalue weighted by molar-refractivity contribution is 0.471. The fourth-order valence-electron chi connectivity index (χ4n) is 1.70. The van der Waals surface area contributed by atoms with Crippen LogP contribution >= 0.6 is 31.9 Å². The van der Waals surface area contributed by atoms with Crippen molar-refractivity contribution in [2.24, 2.45) is 0 Å². The van der Waals surface area contributed by atoms with E-state index in [0.717, 1.165) is 16.7 Å². The van der Waals surface area contributed by atoms with Crippen molar-refractivity contribution in [3.05, 3.63) is 56.5 Å². The molecular formula is C15H12Br2O2. The standard InChI is InChI=1S/C15H12Br2O2/c1-9(11-3-5-15(19)13(17)8-11)6-10-2-4-14(18)12(16)7-10/h2-8,18-19H,1H3. The molecule has 2 aromatic carbocycles. The van der Waals surface area contributed by atoms with Crippen LogP contribution < -0.4 is 0 Å². The van der Waals surface area contributed by atoms with Crippen molar-refractivity contribution in [3.63, 3.8) is 0 Å². The Balaban J connectivity index is 2.36. The Hall–Kier alpha value is -1.26. The number of hydrogen-bond acceptors (Lipinski definition) is 2. The van der Waals surface area contributed by atoms with Crippen molar-refractivity contribution in [3.8, 4) is 11.5 Å². The highest BCUT2D eigenvalue weighted by Crippen LogP contribution is 2.29. The van der Waals surface area contributed by atoms with E-state index in [1.54, 1.807) is 12.1 Å². The van der Waals surface area contributed by atoms with Gasteiger partial charge in [0.05, 0.1) is 8.95 Å². The van der Waals surface area contributed by atoms with Gasteiger partial charge in [-0.3, -0.25) is 0 Å². The minimum absolute atomic E-state index is 0.224. The molecule has 2 aromatic rings. The average molecular weight is 384 g/mol. The summed E-state index contributed by atoms with van der Waals surface area (Å²) in [6, 6.07) is 10.7. The summed E-state index contributed by atoms with van der Waals surface area (Å²) in [6.07, 6.45) is 2.02. The summed E-state index contributed by atoms with van der Waals surface area (Å²) in [5, 5.41) is 18.9. The number of allylic oxidation sites excluding steroid dienone is 1. The minimum Gasteiger partial charge on any atom is -0.507 e. The molecule has 0 radical (unpaired) electrons. The normalized spacial score (nSPS) is 11.6. The second-order valence-electron chi connectivity index (χ2n) is 4.20. The fraction of sp³-hybridized carbons (Fsp3) is 0.0667. The largest absolute Gasteiger partial charge is 0.507 e. The van der Waals surface area contributed by atoms with Gasteiger partial charge in [0, 0.05) is 0 Å². The van der Waals surface area contributed by atoms with Crippen molar-refractivity contribution < 1.29 is 10.2 Å². The first kappa shape index (κ1) is 14.2. The summed E-state index contributed by atoms with van der Waals surface area (Å²) >= 11 is 6.60. The Morgan fingerprint density at radius 3 is 2.11 bits per heavy atom. The lowest BCUT2D eigenvalue weighted by Gasteiger charge is -2.05. The zero-order valence-corrected chi connectivity index (χ0v) is 13.4. The van der Waals surface area contributed by atoms with E-state index < -0.39 is 0 Å². The molecule has 0 fully saturated rings. The first-order valence-electron chi connectivity index (χ1n) is 5.63. The number of phenolic OH excluding ortho intramolecular Hbond substituents is 2. The third-order valence-electron chi connectivity index (χ3n) is 2.76. The molecule has 0 aromatic heterocycles. The molecule has 0 saturated heterocycles. The number of rotatable bonds is 2. The molecule has 0 saturated carbocycles. The maximum absolute atomic E-state index is 9.48. The Morgan fingerprint density at radius 2 is 1.53 bits per heavy atom. The molecule has 98 valence electrons. The lowest BCUT2D eigenvalue weighted by atomic mass is 10.0. The van der Waals surface area contributed by atoms with Crippen molar-refractivity contribution in [1.82, 2.24) is 0 Å². The van der Waals surface area contributed by atoms with E-state index in [1.165, 1.54) is 0 Å². The van der Waals surface area contributed by atoms with E-state index in [-0.39, 0.29) is 11.5 Å². The van der Waals surface area contributed by atoms with Crippen LogP contribution in [0, 0.1) is 0 Å². The number of halogens is 2. The molecule has 0 spiro atoms. The summed E-state index contributed by atoms with van der Waals surface area (Å²) in [6.45, 7) is 2.00. The van der Waals surface area contributed by atoms with E-state index in [4.69, 9.17) is 0 Å². The van der Waals surface area contributed by atoms with Gasteiger partial charge in [-0.1, -0.05) is 18.2 Å². The smallest absolute Gasteiger partial charge is 0.129 e. The van der Waals surface area contributed by atoms with Gasteiger partial charge in [-0.25, -0.2) is 0 Å². The predicted molar refractivity (Wildman–Crippen MR) is 85.2 cm³/mol. The monoisotopic (exact) mass is 382 g/mol. The molecule has 0 bridgehead atoms. The Morgan fingerprint density at radius 1 is 0.947 bits per heavy atom. The van der Waals surface area contributed by atoms with Gasteiger partial charge < -0.3 is 10.2 Å². The van der Waals surface area contributed by atoms with Crippen LogP contribution in [-0.2, 0) is 0 Å². The van der Waals surface area contributed by atoms with Crippen molar-refractivity contribution >= 4 is 43.5 Å². The third-order valence-corrected chi connectivity index (χ3v) is 4.03. The van der Waals surface area contributed by atoms with Gasteiger partial charge >= 0.3 is 0 Å². The average Bonchev–Trinajstić information content (AvgIpc) is 2.37. The molecule has 0 aliphatic heterocycles. The fourth-order valence-corrected chi connectivity index (χ4v) is 2.47. The zero-order valence-electron chi connectivity index (χ0n) is 10.2. The lowest BCUT2D eigenvalue weighted by Crippen LogP contribution is -1.81. The molecule has 0 atom stereocenters. The molecule has 2 nitrogen and oxygen atoms in total. The van der Waals surface area contributed by atoms with Crippen LogP contribution in [0.15, 0.2) is 45.3 Å². The van der Waals surface area contributed by atoms with Gasteiger partial charge in [0.1, 0.15) is 11.5 Å². The number of benzene rings is 2. The minimum atomic E-state index is 0.224. The predicted octanol–water partition coefficient (Wildman–Crippen LogP) is 5.18. The zero-order chi connectivity index (χ0) is 14.0. The molecule has 4 heteroatoms.